The third-order valence-corrected chi connectivity index (χ3v) is 1.59. The summed E-state index contributed by atoms with van der Waals surface area (Å²) in [6.45, 7) is 0. The highest BCUT2D eigenvalue weighted by Gasteiger charge is 2.31. The van der Waals surface area contributed by atoms with Gasteiger partial charge in [-0.15, -0.1) is 13.2 Å². The van der Waals surface area contributed by atoms with Gasteiger partial charge in [0.15, 0.2) is 5.96 Å². The van der Waals surface area contributed by atoms with Crippen LogP contribution in [0.2, 0.25) is 0 Å². The maximum absolute atomic E-state index is 11.9. The van der Waals surface area contributed by atoms with E-state index in [-0.39, 0.29) is 11.7 Å². The smallest absolute Gasteiger partial charge is 0.406 e. The Kier molecular flexibility index (Phi) is 3.60. The molecule has 1 aromatic rings. The van der Waals surface area contributed by atoms with Gasteiger partial charge in [0.2, 0.25) is 0 Å². The maximum atomic E-state index is 11.9. The van der Waals surface area contributed by atoms with Gasteiger partial charge < -0.3 is 15.4 Å². The van der Waals surface area contributed by atoms with Crippen LogP contribution in [0.3, 0.4) is 0 Å². The second-order valence-corrected chi connectivity index (χ2v) is 2.83. The summed E-state index contributed by atoms with van der Waals surface area (Å²) >= 11 is 0. The van der Waals surface area contributed by atoms with Gasteiger partial charge in [0.25, 0.3) is 0 Å². The van der Waals surface area contributed by atoms with Gasteiger partial charge in [-0.3, -0.25) is 5.41 Å². The molecule has 0 fully saturated rings. The van der Waals surface area contributed by atoms with Crippen LogP contribution in [0.4, 0.5) is 18.9 Å². The highest BCUT2D eigenvalue weighted by Crippen LogP contribution is 2.24. The van der Waals surface area contributed by atoms with Crippen molar-refractivity contribution in [3.63, 3.8) is 0 Å². The highest BCUT2D eigenvalue weighted by atomic mass is 19.4. The molecule has 0 spiro atoms. The van der Waals surface area contributed by atoms with Gasteiger partial charge in [0.05, 0.1) is 0 Å². The van der Waals surface area contributed by atoms with E-state index in [1.165, 1.54) is 25.2 Å². The van der Waals surface area contributed by atoms with Crippen molar-refractivity contribution in [2.75, 3.05) is 12.4 Å². The van der Waals surface area contributed by atoms with E-state index in [2.05, 4.69) is 15.4 Å². The van der Waals surface area contributed by atoms with Gasteiger partial charge in [0, 0.05) is 18.8 Å². The van der Waals surface area contributed by atoms with Crippen LogP contribution in [0, 0.1) is 5.41 Å². The molecule has 0 saturated carbocycles. The average Bonchev–Trinajstić information content (AvgIpc) is 2.15. The molecule has 1 rings (SSSR count). The number of anilines is 1. The number of alkyl halides is 3. The van der Waals surface area contributed by atoms with E-state index >= 15 is 0 Å². The SMILES string of the molecule is CNC(=N)Nc1cccc(OC(F)(F)F)c1. The molecule has 0 heterocycles. The Morgan fingerprint density at radius 3 is 2.62 bits per heavy atom. The number of benzene rings is 1. The molecule has 1 aromatic carbocycles. The topological polar surface area (TPSA) is 57.1 Å². The second kappa shape index (κ2) is 4.73. The number of hydrogen-bond donors (Lipinski definition) is 3. The predicted molar refractivity (Wildman–Crippen MR) is 53.5 cm³/mol. The summed E-state index contributed by atoms with van der Waals surface area (Å²) in [4.78, 5) is 0. The quantitative estimate of drug-likeness (QED) is 0.542. The zero-order chi connectivity index (χ0) is 12.2. The molecule has 4 nitrogen and oxygen atoms in total. The van der Waals surface area contributed by atoms with Crippen LogP contribution in [0.1, 0.15) is 0 Å². The minimum Gasteiger partial charge on any atom is -0.406 e. The minimum absolute atomic E-state index is 0.0239. The number of hydrogen-bond acceptors (Lipinski definition) is 2. The number of halogens is 3. The fourth-order valence-corrected chi connectivity index (χ4v) is 0.978. The third-order valence-electron chi connectivity index (χ3n) is 1.59. The summed E-state index contributed by atoms with van der Waals surface area (Å²) in [6, 6.07) is 5.25. The Morgan fingerprint density at radius 1 is 1.38 bits per heavy atom. The molecular weight excluding hydrogens is 223 g/mol. The molecule has 0 saturated heterocycles. The van der Waals surface area contributed by atoms with Crippen molar-refractivity contribution in [3.05, 3.63) is 24.3 Å². The normalized spacial score (nSPS) is 10.8. The van der Waals surface area contributed by atoms with Crippen molar-refractivity contribution in [3.8, 4) is 5.75 Å². The number of nitrogens with one attached hydrogen (secondary N) is 3. The number of guanidine groups is 1. The fourth-order valence-electron chi connectivity index (χ4n) is 0.978. The Hall–Kier alpha value is -1.92. The first-order valence-corrected chi connectivity index (χ1v) is 4.30. The molecule has 0 unspecified atom stereocenters. The molecule has 7 heteroatoms. The van der Waals surface area contributed by atoms with Gasteiger partial charge in [-0.2, -0.15) is 0 Å². The molecule has 16 heavy (non-hydrogen) atoms. The summed E-state index contributed by atoms with van der Waals surface area (Å²) in [7, 11) is 1.52. The van der Waals surface area contributed by atoms with E-state index in [9.17, 15) is 13.2 Å². The molecule has 3 N–H and O–H groups in total. The maximum Gasteiger partial charge on any atom is 0.573 e. The van der Waals surface area contributed by atoms with Crippen molar-refractivity contribution in [1.29, 1.82) is 5.41 Å². The van der Waals surface area contributed by atoms with Crippen molar-refractivity contribution < 1.29 is 17.9 Å². The Bertz CT molecular complexity index is 379. The molecule has 0 aliphatic carbocycles. The summed E-state index contributed by atoms with van der Waals surface area (Å²) in [5.41, 5.74) is 0.334. The molecular formula is C9H10F3N3O. The minimum atomic E-state index is -4.71. The third kappa shape index (κ3) is 4.07. The summed E-state index contributed by atoms with van der Waals surface area (Å²) in [5.74, 6) is -0.356. The summed E-state index contributed by atoms with van der Waals surface area (Å²) in [5, 5.41) is 12.3. The van der Waals surface area contributed by atoms with E-state index in [0.717, 1.165) is 6.07 Å². The molecule has 0 aliphatic rings. The van der Waals surface area contributed by atoms with E-state index in [4.69, 9.17) is 5.41 Å². The lowest BCUT2D eigenvalue weighted by atomic mass is 10.3. The second-order valence-electron chi connectivity index (χ2n) is 2.83. The zero-order valence-electron chi connectivity index (χ0n) is 8.35. The lowest BCUT2D eigenvalue weighted by molar-refractivity contribution is -0.274. The van der Waals surface area contributed by atoms with Gasteiger partial charge >= 0.3 is 6.36 Å². The molecule has 0 atom stereocenters. The van der Waals surface area contributed by atoms with Crippen molar-refractivity contribution in [1.82, 2.24) is 5.32 Å². The molecule has 0 bridgehead atoms. The van der Waals surface area contributed by atoms with Crippen LogP contribution in [-0.2, 0) is 0 Å². The monoisotopic (exact) mass is 233 g/mol. The number of ether oxygens (including phenoxy) is 1. The average molecular weight is 233 g/mol. The van der Waals surface area contributed by atoms with Crippen molar-refractivity contribution in [2.24, 2.45) is 0 Å². The highest BCUT2D eigenvalue weighted by molar-refractivity contribution is 5.91. The molecule has 0 amide bonds. The Labute approximate surface area is 89.9 Å². The van der Waals surface area contributed by atoms with Crippen LogP contribution in [-0.4, -0.2) is 19.4 Å². The van der Waals surface area contributed by atoms with Gasteiger partial charge in [-0.1, -0.05) is 6.07 Å². The first-order valence-electron chi connectivity index (χ1n) is 4.30. The largest absolute Gasteiger partial charge is 0.573 e. The zero-order valence-corrected chi connectivity index (χ0v) is 8.35. The summed E-state index contributed by atoms with van der Waals surface area (Å²) in [6.07, 6.45) is -4.71. The van der Waals surface area contributed by atoms with Gasteiger partial charge in [-0.05, 0) is 12.1 Å². The van der Waals surface area contributed by atoms with Gasteiger partial charge in [0.1, 0.15) is 5.75 Å². The molecule has 88 valence electrons. The van der Waals surface area contributed by atoms with E-state index < -0.39 is 6.36 Å². The van der Waals surface area contributed by atoms with E-state index in [0.29, 0.717) is 5.69 Å². The van der Waals surface area contributed by atoms with E-state index in [1.807, 2.05) is 0 Å². The van der Waals surface area contributed by atoms with Crippen LogP contribution >= 0.6 is 0 Å². The lowest BCUT2D eigenvalue weighted by Gasteiger charge is -2.11. The first-order chi connectivity index (χ1) is 7.40. The Balaban J connectivity index is 2.75. The van der Waals surface area contributed by atoms with Crippen LogP contribution in [0.5, 0.6) is 5.75 Å². The fraction of sp³-hybridized carbons (Fsp3) is 0.222. The number of rotatable bonds is 2. The molecule has 0 aliphatic heterocycles. The Morgan fingerprint density at radius 2 is 2.06 bits per heavy atom. The first kappa shape index (κ1) is 12.2. The van der Waals surface area contributed by atoms with Crippen LogP contribution in [0.25, 0.3) is 0 Å². The summed E-state index contributed by atoms with van der Waals surface area (Å²) < 4.78 is 39.4. The molecule has 0 aromatic heterocycles. The van der Waals surface area contributed by atoms with Gasteiger partial charge in [-0.25, -0.2) is 0 Å². The van der Waals surface area contributed by atoms with Crippen molar-refractivity contribution >= 4 is 11.6 Å². The van der Waals surface area contributed by atoms with Crippen LogP contribution < -0.4 is 15.4 Å². The van der Waals surface area contributed by atoms with Crippen molar-refractivity contribution in [2.45, 2.75) is 6.36 Å². The predicted octanol–water partition coefficient (Wildman–Crippen LogP) is 2.15. The van der Waals surface area contributed by atoms with E-state index in [1.54, 1.807) is 0 Å². The lowest BCUT2D eigenvalue weighted by Crippen LogP contribution is -2.25. The molecule has 0 radical (unpaired) electrons. The van der Waals surface area contributed by atoms with Crippen LogP contribution in [0.15, 0.2) is 24.3 Å². The standard InChI is InChI=1S/C9H10F3N3O/c1-14-8(13)15-6-3-2-4-7(5-6)16-9(10,11)12/h2-5H,1H3,(H3,13,14,15).